The number of nitrogens with one attached hydrogen (secondary N) is 2. The molecular weight excluding hydrogens is 377 g/mol. The Balaban J connectivity index is 1.68. The molecule has 2 aromatic heterocycles. The lowest BCUT2D eigenvalue weighted by atomic mass is 10.0. The van der Waals surface area contributed by atoms with Crippen LogP contribution in [0.25, 0.3) is 21.7 Å². The molecule has 2 aromatic carbocycles. The molecule has 140 valence electrons. The van der Waals surface area contributed by atoms with Gasteiger partial charge in [0.25, 0.3) is 5.91 Å². The topological polar surface area (TPSA) is 96.7 Å². The molecule has 2 heterocycles. The van der Waals surface area contributed by atoms with Crippen LogP contribution < -0.4 is 11.1 Å². The molecule has 0 bridgehead atoms. The number of halogens is 1. The van der Waals surface area contributed by atoms with Gasteiger partial charge in [0.1, 0.15) is 16.5 Å². The largest absolute Gasteiger partial charge is 0.326 e. The van der Waals surface area contributed by atoms with Crippen molar-refractivity contribution >= 4 is 22.9 Å². The van der Waals surface area contributed by atoms with E-state index in [2.05, 4.69) is 20.5 Å². The maximum Gasteiger partial charge on any atom is 0.275 e. The van der Waals surface area contributed by atoms with Crippen molar-refractivity contribution in [3.05, 3.63) is 77.3 Å². The highest BCUT2D eigenvalue weighted by molar-refractivity contribution is 7.13. The highest BCUT2D eigenvalue weighted by Gasteiger charge is 2.17. The Labute approximate surface area is 164 Å². The predicted octanol–water partition coefficient (Wildman–Crippen LogP) is 4.05. The second kappa shape index (κ2) is 7.71. The van der Waals surface area contributed by atoms with E-state index in [4.69, 9.17) is 5.73 Å². The summed E-state index contributed by atoms with van der Waals surface area (Å²) in [5.74, 6) is -0.784. The van der Waals surface area contributed by atoms with Gasteiger partial charge in [-0.2, -0.15) is 5.10 Å². The summed E-state index contributed by atoms with van der Waals surface area (Å²) in [7, 11) is 0. The van der Waals surface area contributed by atoms with Gasteiger partial charge >= 0.3 is 0 Å². The van der Waals surface area contributed by atoms with Gasteiger partial charge in [-0.1, -0.05) is 30.3 Å². The van der Waals surface area contributed by atoms with Crippen LogP contribution in [0.1, 0.15) is 16.1 Å². The molecule has 28 heavy (non-hydrogen) atoms. The number of hydrogen-bond donors (Lipinski definition) is 3. The van der Waals surface area contributed by atoms with E-state index in [-0.39, 0.29) is 18.1 Å². The number of aromatic amines is 1. The van der Waals surface area contributed by atoms with Gasteiger partial charge in [0.2, 0.25) is 0 Å². The van der Waals surface area contributed by atoms with Crippen LogP contribution in [0.3, 0.4) is 0 Å². The van der Waals surface area contributed by atoms with Crippen LogP contribution in [-0.4, -0.2) is 21.1 Å². The summed E-state index contributed by atoms with van der Waals surface area (Å²) in [6, 6.07) is 12.3. The number of carbonyl (C=O) groups is 1. The predicted molar refractivity (Wildman–Crippen MR) is 107 cm³/mol. The number of anilines is 1. The zero-order valence-corrected chi connectivity index (χ0v) is 15.5. The number of rotatable bonds is 5. The minimum Gasteiger partial charge on any atom is -0.326 e. The first-order chi connectivity index (χ1) is 13.7. The molecule has 0 unspecified atom stereocenters. The van der Waals surface area contributed by atoms with Crippen molar-refractivity contribution in [1.29, 1.82) is 0 Å². The highest BCUT2D eigenvalue weighted by Crippen LogP contribution is 2.31. The molecule has 0 aliphatic heterocycles. The summed E-state index contributed by atoms with van der Waals surface area (Å²) in [5.41, 5.74) is 8.89. The Kier molecular flexibility index (Phi) is 4.96. The lowest BCUT2D eigenvalue weighted by Gasteiger charge is -2.13. The number of amides is 1. The molecule has 8 heteroatoms. The number of thiazole rings is 1. The number of aromatic nitrogens is 3. The summed E-state index contributed by atoms with van der Waals surface area (Å²) < 4.78 is 14.3. The van der Waals surface area contributed by atoms with Crippen molar-refractivity contribution in [2.45, 2.75) is 6.54 Å². The molecule has 0 saturated heterocycles. The van der Waals surface area contributed by atoms with Crippen molar-refractivity contribution in [1.82, 2.24) is 15.2 Å². The first-order valence-electron chi connectivity index (χ1n) is 8.49. The molecule has 0 aliphatic carbocycles. The molecular formula is C20H16FN5OS. The molecule has 0 atom stereocenters. The normalized spacial score (nSPS) is 10.8. The van der Waals surface area contributed by atoms with Crippen molar-refractivity contribution in [2.75, 3.05) is 5.32 Å². The summed E-state index contributed by atoms with van der Waals surface area (Å²) in [6.07, 6.45) is 3.35. The number of nitrogens with zero attached hydrogens (tertiary/aromatic N) is 2. The number of hydrogen-bond acceptors (Lipinski definition) is 5. The van der Waals surface area contributed by atoms with Gasteiger partial charge < -0.3 is 11.1 Å². The SMILES string of the molecule is NCc1cc(NC(=O)c2csc(-c3cn[nH]c3)n2)c(-c2ccccc2)cc1F. The fourth-order valence-corrected chi connectivity index (χ4v) is 3.58. The van der Waals surface area contributed by atoms with E-state index in [1.807, 2.05) is 30.3 Å². The zero-order chi connectivity index (χ0) is 19.5. The number of carbonyl (C=O) groups excluding carboxylic acids is 1. The lowest BCUT2D eigenvalue weighted by Crippen LogP contribution is -2.14. The van der Waals surface area contributed by atoms with E-state index in [0.29, 0.717) is 21.8 Å². The van der Waals surface area contributed by atoms with Crippen LogP contribution in [0, 0.1) is 5.82 Å². The monoisotopic (exact) mass is 393 g/mol. The van der Waals surface area contributed by atoms with E-state index < -0.39 is 5.82 Å². The molecule has 4 rings (SSSR count). The Hall–Kier alpha value is -3.36. The van der Waals surface area contributed by atoms with E-state index in [1.54, 1.807) is 23.8 Å². The third-order valence-electron chi connectivity index (χ3n) is 4.22. The average molecular weight is 393 g/mol. The van der Waals surface area contributed by atoms with E-state index in [0.717, 1.165) is 11.1 Å². The maximum absolute atomic E-state index is 14.3. The van der Waals surface area contributed by atoms with E-state index in [1.165, 1.54) is 17.4 Å². The van der Waals surface area contributed by atoms with E-state index in [9.17, 15) is 9.18 Å². The molecule has 0 radical (unpaired) electrons. The zero-order valence-electron chi connectivity index (χ0n) is 14.6. The van der Waals surface area contributed by atoms with Crippen molar-refractivity contribution in [2.24, 2.45) is 5.73 Å². The van der Waals surface area contributed by atoms with Crippen molar-refractivity contribution in [3.63, 3.8) is 0 Å². The van der Waals surface area contributed by atoms with Crippen LogP contribution in [0.15, 0.2) is 60.2 Å². The third kappa shape index (κ3) is 3.55. The van der Waals surface area contributed by atoms with Gasteiger partial charge in [-0.15, -0.1) is 11.3 Å². The molecule has 0 aliphatic rings. The highest BCUT2D eigenvalue weighted by atomic mass is 32.1. The molecule has 4 N–H and O–H groups in total. The van der Waals surface area contributed by atoms with E-state index >= 15 is 0 Å². The second-order valence-electron chi connectivity index (χ2n) is 6.04. The first-order valence-corrected chi connectivity index (χ1v) is 9.37. The molecule has 0 fully saturated rings. The Morgan fingerprint density at radius 1 is 1.21 bits per heavy atom. The molecule has 1 amide bonds. The smallest absolute Gasteiger partial charge is 0.275 e. The van der Waals surface area contributed by atoms with Crippen LogP contribution in [-0.2, 0) is 6.54 Å². The Morgan fingerprint density at radius 3 is 2.75 bits per heavy atom. The number of H-pyrrole nitrogens is 1. The van der Waals surface area contributed by atoms with Gasteiger partial charge in [-0.25, -0.2) is 9.37 Å². The Morgan fingerprint density at radius 2 is 2.04 bits per heavy atom. The Bertz CT molecular complexity index is 1110. The minimum atomic E-state index is -0.407. The minimum absolute atomic E-state index is 0.0328. The van der Waals surface area contributed by atoms with Crippen LogP contribution in [0.2, 0.25) is 0 Å². The first kappa shape index (κ1) is 18.0. The summed E-state index contributed by atoms with van der Waals surface area (Å²) in [4.78, 5) is 17.1. The molecule has 6 nitrogen and oxygen atoms in total. The van der Waals surface area contributed by atoms with Gasteiger partial charge in [0.15, 0.2) is 0 Å². The van der Waals surface area contributed by atoms with Crippen molar-refractivity contribution in [3.8, 4) is 21.7 Å². The average Bonchev–Trinajstić information content (AvgIpc) is 3.41. The number of benzene rings is 2. The van der Waals surface area contributed by atoms with Gasteiger partial charge in [0, 0.05) is 40.5 Å². The van der Waals surface area contributed by atoms with Crippen molar-refractivity contribution < 1.29 is 9.18 Å². The number of nitrogens with two attached hydrogens (primary N) is 1. The lowest BCUT2D eigenvalue weighted by molar-refractivity contribution is 0.102. The van der Waals surface area contributed by atoms with Crippen LogP contribution in [0.5, 0.6) is 0 Å². The second-order valence-corrected chi connectivity index (χ2v) is 6.90. The fraction of sp³-hybridized carbons (Fsp3) is 0.0500. The summed E-state index contributed by atoms with van der Waals surface area (Å²) in [5, 5.41) is 11.8. The summed E-state index contributed by atoms with van der Waals surface area (Å²) >= 11 is 1.34. The quantitative estimate of drug-likeness (QED) is 0.476. The maximum atomic E-state index is 14.3. The fourth-order valence-electron chi connectivity index (χ4n) is 2.80. The van der Waals surface area contributed by atoms with Crippen LogP contribution in [0.4, 0.5) is 10.1 Å². The van der Waals surface area contributed by atoms with Gasteiger partial charge in [-0.05, 0) is 17.7 Å². The molecule has 0 saturated carbocycles. The standard InChI is InChI=1S/C20H16FN5OS/c21-16-7-15(12-4-2-1-3-5-12)17(6-13(16)8-22)25-19(27)18-11-28-20(26-18)14-9-23-24-10-14/h1-7,9-11H,8,22H2,(H,23,24)(H,25,27). The molecule has 0 spiro atoms. The van der Waals surface area contributed by atoms with Gasteiger partial charge in [-0.3, -0.25) is 9.89 Å². The third-order valence-corrected chi connectivity index (χ3v) is 5.11. The van der Waals surface area contributed by atoms with Gasteiger partial charge in [0.05, 0.1) is 6.20 Å². The summed E-state index contributed by atoms with van der Waals surface area (Å²) in [6.45, 7) is 0.0328. The van der Waals surface area contributed by atoms with Crippen LogP contribution >= 0.6 is 11.3 Å². The molecule has 4 aromatic rings.